The summed E-state index contributed by atoms with van der Waals surface area (Å²) in [7, 11) is 0. The van der Waals surface area contributed by atoms with Crippen molar-refractivity contribution in [1.82, 2.24) is 9.97 Å². The Kier molecular flexibility index (Phi) is 3.77. The molecule has 1 heterocycles. The summed E-state index contributed by atoms with van der Waals surface area (Å²) in [6, 6.07) is 10.1. The van der Waals surface area contributed by atoms with Crippen LogP contribution in [0.3, 0.4) is 0 Å². The minimum atomic E-state index is 0.651. The number of aromatic nitrogens is 2. The predicted octanol–water partition coefficient (Wildman–Crippen LogP) is 2.81. The fraction of sp³-hybridized carbons (Fsp3) is 0.167. The Bertz CT molecular complexity index is 445. The molecule has 82 valence electrons. The van der Waals surface area contributed by atoms with E-state index in [1.807, 2.05) is 18.2 Å². The summed E-state index contributed by atoms with van der Waals surface area (Å²) in [5.74, 6) is 0.803. The molecule has 0 spiro atoms. The normalized spacial score (nSPS) is 10.1. The molecule has 1 aromatic carbocycles. The van der Waals surface area contributed by atoms with Crippen molar-refractivity contribution >= 4 is 17.4 Å². The molecule has 0 aliphatic rings. The molecule has 3 nitrogen and oxygen atoms in total. The van der Waals surface area contributed by atoms with Crippen LogP contribution in [-0.4, -0.2) is 16.2 Å². The zero-order valence-corrected chi connectivity index (χ0v) is 9.87. The van der Waals surface area contributed by atoms with E-state index in [2.05, 4.69) is 33.7 Å². The number of nitrogens with zero attached hydrogens (tertiary/aromatic N) is 2. The van der Waals surface area contributed by atoms with Gasteiger partial charge in [0.05, 0.1) is 6.54 Å². The second-order valence-electron chi connectivity index (χ2n) is 3.25. The van der Waals surface area contributed by atoms with Crippen LogP contribution in [0.4, 0.5) is 5.69 Å². The lowest BCUT2D eigenvalue weighted by molar-refractivity contribution is 0.948. The first kappa shape index (κ1) is 11.0. The third-order valence-electron chi connectivity index (χ3n) is 2.14. The smallest absolute Gasteiger partial charge is 0.147 e. The molecule has 0 radical (unpaired) electrons. The van der Waals surface area contributed by atoms with Gasteiger partial charge < -0.3 is 5.32 Å². The molecular formula is C12H13N3S. The van der Waals surface area contributed by atoms with Gasteiger partial charge >= 0.3 is 0 Å². The van der Waals surface area contributed by atoms with Gasteiger partial charge in [-0.15, -0.1) is 11.8 Å². The summed E-state index contributed by atoms with van der Waals surface area (Å²) < 4.78 is 0. The zero-order chi connectivity index (χ0) is 11.2. The van der Waals surface area contributed by atoms with Crippen LogP contribution in [0.2, 0.25) is 0 Å². The quantitative estimate of drug-likeness (QED) is 0.821. The zero-order valence-electron chi connectivity index (χ0n) is 9.05. The van der Waals surface area contributed by atoms with Gasteiger partial charge in [-0.25, -0.2) is 9.97 Å². The molecule has 0 unspecified atom stereocenters. The molecule has 0 aliphatic carbocycles. The van der Waals surface area contributed by atoms with Crippen LogP contribution in [0, 0.1) is 0 Å². The van der Waals surface area contributed by atoms with Gasteiger partial charge in [0.15, 0.2) is 0 Å². The van der Waals surface area contributed by atoms with E-state index in [-0.39, 0.29) is 0 Å². The summed E-state index contributed by atoms with van der Waals surface area (Å²) in [6.07, 6.45) is 5.57. The Morgan fingerprint density at radius 3 is 2.75 bits per heavy atom. The van der Waals surface area contributed by atoms with Crippen LogP contribution in [0.25, 0.3) is 0 Å². The highest BCUT2D eigenvalue weighted by Gasteiger charge is 1.96. The summed E-state index contributed by atoms with van der Waals surface area (Å²) >= 11 is 1.73. The van der Waals surface area contributed by atoms with E-state index in [1.54, 1.807) is 24.2 Å². The van der Waals surface area contributed by atoms with E-state index in [9.17, 15) is 0 Å². The van der Waals surface area contributed by atoms with Gasteiger partial charge in [0.25, 0.3) is 0 Å². The molecule has 0 amide bonds. The summed E-state index contributed by atoms with van der Waals surface area (Å²) in [6.45, 7) is 0.651. The van der Waals surface area contributed by atoms with Crippen LogP contribution in [-0.2, 0) is 6.54 Å². The highest BCUT2D eigenvalue weighted by Crippen LogP contribution is 2.19. The second-order valence-corrected chi connectivity index (χ2v) is 4.13. The maximum absolute atomic E-state index is 4.16. The van der Waals surface area contributed by atoms with Gasteiger partial charge in [-0.3, -0.25) is 0 Å². The van der Waals surface area contributed by atoms with Gasteiger partial charge in [0.1, 0.15) is 5.82 Å². The number of benzene rings is 1. The molecular weight excluding hydrogens is 218 g/mol. The third kappa shape index (κ3) is 2.97. The Balaban J connectivity index is 1.99. The molecule has 1 aromatic heterocycles. The highest BCUT2D eigenvalue weighted by molar-refractivity contribution is 7.98. The number of thioether (sulfide) groups is 1. The van der Waals surface area contributed by atoms with E-state index in [1.165, 1.54) is 4.90 Å². The summed E-state index contributed by atoms with van der Waals surface area (Å²) in [5, 5.41) is 3.30. The fourth-order valence-corrected chi connectivity index (χ4v) is 1.79. The van der Waals surface area contributed by atoms with Gasteiger partial charge in [0.2, 0.25) is 0 Å². The lowest BCUT2D eigenvalue weighted by Gasteiger charge is -2.06. The van der Waals surface area contributed by atoms with Gasteiger partial charge in [0, 0.05) is 23.0 Å². The average molecular weight is 231 g/mol. The summed E-state index contributed by atoms with van der Waals surface area (Å²) in [4.78, 5) is 9.56. The number of hydrogen-bond donors (Lipinski definition) is 1. The van der Waals surface area contributed by atoms with Crippen LogP contribution >= 0.6 is 11.8 Å². The lowest BCUT2D eigenvalue weighted by atomic mass is 10.3. The highest BCUT2D eigenvalue weighted by atomic mass is 32.2. The Hall–Kier alpha value is -1.55. The molecule has 1 N–H and O–H groups in total. The van der Waals surface area contributed by atoms with Crippen LogP contribution in [0.1, 0.15) is 5.82 Å². The third-order valence-corrected chi connectivity index (χ3v) is 2.86. The molecule has 0 saturated carbocycles. The number of hydrogen-bond acceptors (Lipinski definition) is 4. The topological polar surface area (TPSA) is 37.8 Å². The maximum atomic E-state index is 4.16. The Morgan fingerprint density at radius 2 is 2.00 bits per heavy atom. The number of anilines is 1. The Labute approximate surface area is 99.3 Å². The van der Waals surface area contributed by atoms with Crippen molar-refractivity contribution in [2.24, 2.45) is 0 Å². The SMILES string of the molecule is CSc1cccc(NCc2ncccn2)c1. The van der Waals surface area contributed by atoms with E-state index in [4.69, 9.17) is 0 Å². The van der Waals surface area contributed by atoms with E-state index >= 15 is 0 Å². The number of nitrogens with one attached hydrogen (secondary N) is 1. The standard InChI is InChI=1S/C12H13N3S/c1-16-11-5-2-4-10(8-11)15-9-12-13-6-3-7-14-12/h2-8,15H,9H2,1H3. The van der Waals surface area contributed by atoms with Crippen LogP contribution in [0.15, 0.2) is 47.6 Å². The minimum absolute atomic E-state index is 0.651. The van der Waals surface area contributed by atoms with Crippen molar-refractivity contribution in [3.05, 3.63) is 48.5 Å². The van der Waals surface area contributed by atoms with E-state index < -0.39 is 0 Å². The minimum Gasteiger partial charge on any atom is -0.378 e. The van der Waals surface area contributed by atoms with Crippen molar-refractivity contribution < 1.29 is 0 Å². The van der Waals surface area contributed by atoms with Crippen molar-refractivity contribution in [3.8, 4) is 0 Å². The molecule has 2 aromatic rings. The van der Waals surface area contributed by atoms with Gasteiger partial charge in [-0.2, -0.15) is 0 Å². The first-order chi connectivity index (χ1) is 7.88. The van der Waals surface area contributed by atoms with E-state index in [0.29, 0.717) is 6.54 Å². The molecule has 0 atom stereocenters. The fourth-order valence-electron chi connectivity index (χ4n) is 1.34. The molecule has 2 rings (SSSR count). The van der Waals surface area contributed by atoms with Crippen molar-refractivity contribution in [2.45, 2.75) is 11.4 Å². The molecule has 0 aliphatic heterocycles. The molecule has 0 bridgehead atoms. The van der Waals surface area contributed by atoms with Gasteiger partial charge in [-0.1, -0.05) is 6.07 Å². The average Bonchev–Trinajstić information content (AvgIpc) is 2.38. The predicted molar refractivity (Wildman–Crippen MR) is 67.6 cm³/mol. The van der Waals surface area contributed by atoms with Gasteiger partial charge in [-0.05, 0) is 30.5 Å². The van der Waals surface area contributed by atoms with E-state index in [0.717, 1.165) is 11.5 Å². The summed E-state index contributed by atoms with van der Waals surface area (Å²) in [5.41, 5.74) is 1.10. The van der Waals surface area contributed by atoms with Crippen molar-refractivity contribution in [1.29, 1.82) is 0 Å². The monoisotopic (exact) mass is 231 g/mol. The number of rotatable bonds is 4. The molecule has 16 heavy (non-hydrogen) atoms. The van der Waals surface area contributed by atoms with Crippen molar-refractivity contribution in [3.63, 3.8) is 0 Å². The second kappa shape index (κ2) is 5.51. The molecule has 0 fully saturated rings. The van der Waals surface area contributed by atoms with Crippen LogP contribution in [0.5, 0.6) is 0 Å². The van der Waals surface area contributed by atoms with Crippen molar-refractivity contribution in [2.75, 3.05) is 11.6 Å². The largest absolute Gasteiger partial charge is 0.378 e. The first-order valence-corrected chi connectivity index (χ1v) is 6.25. The first-order valence-electron chi connectivity index (χ1n) is 5.02. The molecule has 4 heteroatoms. The molecule has 0 saturated heterocycles. The Morgan fingerprint density at radius 1 is 1.19 bits per heavy atom. The maximum Gasteiger partial charge on any atom is 0.147 e. The van der Waals surface area contributed by atoms with Crippen LogP contribution < -0.4 is 5.32 Å². The lowest BCUT2D eigenvalue weighted by Crippen LogP contribution is -2.03.